The number of rotatable bonds is 4. The third kappa shape index (κ3) is 3.94. The third-order valence-electron chi connectivity index (χ3n) is 1.71. The summed E-state index contributed by atoms with van der Waals surface area (Å²) >= 11 is 0. The summed E-state index contributed by atoms with van der Waals surface area (Å²) < 4.78 is 0. The highest BCUT2D eigenvalue weighted by molar-refractivity contribution is 5.77. The monoisotopic (exact) mass is 192 g/mol. The van der Waals surface area contributed by atoms with Gasteiger partial charge in [-0.3, -0.25) is 15.6 Å². The van der Waals surface area contributed by atoms with Gasteiger partial charge in [-0.15, -0.1) is 0 Å². The van der Waals surface area contributed by atoms with Crippen LogP contribution in [0, 0.1) is 5.92 Å². The molecule has 2 N–H and O–H groups in total. The van der Waals surface area contributed by atoms with Crippen LogP contribution in [0.3, 0.4) is 0 Å². The lowest BCUT2D eigenvalue weighted by Crippen LogP contribution is -2.30. The number of nitrogens with one attached hydrogen (secondary N) is 2. The van der Waals surface area contributed by atoms with Gasteiger partial charge in [0.25, 0.3) is 0 Å². The molecule has 1 amide bonds. The van der Waals surface area contributed by atoms with E-state index in [2.05, 4.69) is 10.9 Å². The average molecular weight is 192 g/mol. The summed E-state index contributed by atoms with van der Waals surface area (Å²) in [6.07, 6.45) is 0.542. The fraction of sp³-hybridized carbons (Fsp3) is 0.364. The molecule has 0 radical (unpaired) electrons. The van der Waals surface area contributed by atoms with Crippen molar-refractivity contribution in [2.45, 2.75) is 20.3 Å². The second kappa shape index (κ2) is 5.27. The molecule has 0 aliphatic rings. The Balaban J connectivity index is 2.31. The number of hydrazine groups is 1. The normalized spacial score (nSPS) is 9.93. The zero-order valence-corrected chi connectivity index (χ0v) is 8.58. The number of para-hydroxylation sites is 1. The molecule has 3 nitrogen and oxygen atoms in total. The van der Waals surface area contributed by atoms with Crippen LogP contribution in [0.4, 0.5) is 5.69 Å². The Hall–Kier alpha value is -1.51. The van der Waals surface area contributed by atoms with Crippen LogP contribution >= 0.6 is 0 Å². The maximum absolute atomic E-state index is 11.3. The van der Waals surface area contributed by atoms with Crippen molar-refractivity contribution >= 4 is 11.6 Å². The summed E-state index contributed by atoms with van der Waals surface area (Å²) in [6, 6.07) is 9.56. The lowest BCUT2D eigenvalue weighted by atomic mass is 10.1. The molecule has 1 rings (SSSR count). The predicted octanol–water partition coefficient (Wildman–Crippen LogP) is 2.18. The zero-order chi connectivity index (χ0) is 10.4. The molecule has 0 fully saturated rings. The van der Waals surface area contributed by atoms with Crippen molar-refractivity contribution in [1.29, 1.82) is 0 Å². The van der Waals surface area contributed by atoms with E-state index < -0.39 is 0 Å². The van der Waals surface area contributed by atoms with E-state index in [4.69, 9.17) is 0 Å². The van der Waals surface area contributed by atoms with Gasteiger partial charge in [0, 0.05) is 6.42 Å². The summed E-state index contributed by atoms with van der Waals surface area (Å²) in [7, 11) is 0. The van der Waals surface area contributed by atoms with Gasteiger partial charge >= 0.3 is 0 Å². The average Bonchev–Trinajstić information content (AvgIpc) is 2.15. The van der Waals surface area contributed by atoms with E-state index in [9.17, 15) is 4.79 Å². The SMILES string of the molecule is CC(C)CC(=O)NNc1ccccc1. The number of amides is 1. The molecular formula is C11H16N2O. The van der Waals surface area contributed by atoms with Crippen LogP contribution in [0.15, 0.2) is 30.3 Å². The fourth-order valence-electron chi connectivity index (χ4n) is 1.09. The first-order valence-electron chi connectivity index (χ1n) is 4.78. The lowest BCUT2D eigenvalue weighted by Gasteiger charge is -2.09. The van der Waals surface area contributed by atoms with Gasteiger partial charge in [-0.25, -0.2) is 0 Å². The molecule has 0 atom stereocenters. The number of hydrogen-bond acceptors (Lipinski definition) is 2. The molecule has 0 aromatic heterocycles. The van der Waals surface area contributed by atoms with E-state index in [1.165, 1.54) is 0 Å². The highest BCUT2D eigenvalue weighted by atomic mass is 16.2. The Labute approximate surface area is 84.5 Å². The minimum atomic E-state index is 0.0175. The van der Waals surface area contributed by atoms with Gasteiger partial charge in [-0.05, 0) is 18.1 Å². The van der Waals surface area contributed by atoms with Gasteiger partial charge in [0.2, 0.25) is 5.91 Å². The summed E-state index contributed by atoms with van der Waals surface area (Å²) in [5, 5.41) is 0. The quantitative estimate of drug-likeness (QED) is 0.718. The predicted molar refractivity (Wildman–Crippen MR) is 57.7 cm³/mol. The van der Waals surface area contributed by atoms with Crippen LogP contribution < -0.4 is 10.9 Å². The van der Waals surface area contributed by atoms with Gasteiger partial charge in [-0.2, -0.15) is 0 Å². The summed E-state index contributed by atoms with van der Waals surface area (Å²) in [6.45, 7) is 4.03. The molecule has 3 heteroatoms. The Morgan fingerprint density at radius 1 is 1.29 bits per heavy atom. The molecule has 0 saturated heterocycles. The van der Waals surface area contributed by atoms with Crippen LogP contribution in [0.1, 0.15) is 20.3 Å². The lowest BCUT2D eigenvalue weighted by molar-refractivity contribution is -0.121. The van der Waals surface area contributed by atoms with Crippen LogP contribution in [0.25, 0.3) is 0 Å². The Bertz CT molecular complexity index is 283. The molecule has 0 spiro atoms. The minimum Gasteiger partial charge on any atom is -0.299 e. The van der Waals surface area contributed by atoms with Crippen molar-refractivity contribution in [3.63, 3.8) is 0 Å². The molecule has 0 heterocycles. The van der Waals surface area contributed by atoms with E-state index in [0.717, 1.165) is 5.69 Å². The smallest absolute Gasteiger partial charge is 0.238 e. The van der Waals surface area contributed by atoms with Gasteiger partial charge in [0.05, 0.1) is 5.69 Å². The Morgan fingerprint density at radius 2 is 1.93 bits per heavy atom. The summed E-state index contributed by atoms with van der Waals surface area (Å²) in [5.41, 5.74) is 6.38. The van der Waals surface area contributed by atoms with Crippen molar-refractivity contribution in [2.24, 2.45) is 5.92 Å². The molecule has 0 aliphatic heterocycles. The largest absolute Gasteiger partial charge is 0.299 e. The zero-order valence-electron chi connectivity index (χ0n) is 8.58. The molecule has 0 saturated carbocycles. The Morgan fingerprint density at radius 3 is 2.50 bits per heavy atom. The number of anilines is 1. The standard InChI is InChI=1S/C11H16N2O/c1-9(2)8-11(14)13-12-10-6-4-3-5-7-10/h3-7,9,12H,8H2,1-2H3,(H,13,14). The minimum absolute atomic E-state index is 0.0175. The van der Waals surface area contributed by atoms with Crippen molar-refractivity contribution in [1.82, 2.24) is 5.43 Å². The molecule has 76 valence electrons. The first kappa shape index (κ1) is 10.6. The second-order valence-electron chi connectivity index (χ2n) is 3.64. The number of benzene rings is 1. The summed E-state index contributed by atoms with van der Waals surface area (Å²) in [5.74, 6) is 0.399. The maximum atomic E-state index is 11.3. The van der Waals surface area contributed by atoms with Crippen LogP contribution in [0.2, 0.25) is 0 Å². The highest BCUT2D eigenvalue weighted by Gasteiger charge is 2.02. The first-order valence-corrected chi connectivity index (χ1v) is 4.78. The van der Waals surface area contributed by atoms with Gasteiger partial charge < -0.3 is 0 Å². The second-order valence-corrected chi connectivity index (χ2v) is 3.64. The van der Waals surface area contributed by atoms with Crippen molar-refractivity contribution in [3.8, 4) is 0 Å². The molecule has 1 aromatic rings. The highest BCUT2D eigenvalue weighted by Crippen LogP contribution is 2.03. The third-order valence-corrected chi connectivity index (χ3v) is 1.71. The molecule has 0 bridgehead atoms. The first-order chi connectivity index (χ1) is 6.68. The van der Waals surface area contributed by atoms with E-state index in [-0.39, 0.29) is 5.91 Å². The number of hydrogen-bond donors (Lipinski definition) is 2. The molecule has 0 unspecified atom stereocenters. The van der Waals surface area contributed by atoms with E-state index >= 15 is 0 Å². The van der Waals surface area contributed by atoms with Gasteiger partial charge in [0.1, 0.15) is 0 Å². The van der Waals surface area contributed by atoms with Crippen LogP contribution in [0.5, 0.6) is 0 Å². The number of carbonyl (C=O) groups excluding carboxylic acids is 1. The molecular weight excluding hydrogens is 176 g/mol. The Kier molecular flexibility index (Phi) is 3.98. The molecule has 14 heavy (non-hydrogen) atoms. The maximum Gasteiger partial charge on any atom is 0.238 e. The van der Waals surface area contributed by atoms with E-state index in [1.54, 1.807) is 0 Å². The van der Waals surface area contributed by atoms with Crippen molar-refractivity contribution in [3.05, 3.63) is 30.3 Å². The van der Waals surface area contributed by atoms with Crippen molar-refractivity contribution < 1.29 is 4.79 Å². The molecule has 1 aromatic carbocycles. The van der Waals surface area contributed by atoms with Gasteiger partial charge in [-0.1, -0.05) is 32.0 Å². The van der Waals surface area contributed by atoms with E-state index in [0.29, 0.717) is 12.3 Å². The number of carbonyl (C=O) groups is 1. The van der Waals surface area contributed by atoms with Crippen LogP contribution in [-0.2, 0) is 4.79 Å². The summed E-state index contributed by atoms with van der Waals surface area (Å²) in [4.78, 5) is 11.3. The van der Waals surface area contributed by atoms with Crippen molar-refractivity contribution in [2.75, 3.05) is 5.43 Å². The fourth-order valence-corrected chi connectivity index (χ4v) is 1.09. The topological polar surface area (TPSA) is 41.1 Å². The molecule has 0 aliphatic carbocycles. The van der Waals surface area contributed by atoms with Crippen LogP contribution in [-0.4, -0.2) is 5.91 Å². The van der Waals surface area contributed by atoms with Gasteiger partial charge in [0.15, 0.2) is 0 Å². The van der Waals surface area contributed by atoms with E-state index in [1.807, 2.05) is 44.2 Å².